The monoisotopic (exact) mass is 370 g/mol. The molecule has 0 aliphatic carbocycles. The molecule has 8 heteroatoms. The highest BCUT2D eigenvalue weighted by molar-refractivity contribution is 5.75. The lowest BCUT2D eigenvalue weighted by Crippen LogP contribution is -2.44. The second-order valence-electron chi connectivity index (χ2n) is 6.40. The highest BCUT2D eigenvalue weighted by Crippen LogP contribution is 2.36. The molecule has 4 rings (SSSR count). The fourth-order valence-electron chi connectivity index (χ4n) is 3.32. The number of nitrogens with zero attached hydrogens (tertiary/aromatic N) is 4. The number of aromatic nitrogens is 3. The van der Waals surface area contributed by atoms with Crippen LogP contribution in [0.25, 0.3) is 11.0 Å². The van der Waals surface area contributed by atoms with E-state index < -0.39 is 6.43 Å². The molecule has 0 bridgehead atoms. The molecule has 140 valence electrons. The minimum atomic E-state index is -2.57. The van der Waals surface area contributed by atoms with Crippen molar-refractivity contribution in [2.24, 2.45) is 0 Å². The van der Waals surface area contributed by atoms with Gasteiger partial charge < -0.3 is 15.5 Å². The van der Waals surface area contributed by atoms with Gasteiger partial charge in [0, 0.05) is 51.3 Å². The van der Waals surface area contributed by atoms with Crippen LogP contribution in [0.1, 0.15) is 17.6 Å². The standard InChI is InChI=1S/C19H20F2N6/c20-19(21)14-11-23-12-17(18(14)27-7-5-22-6-8-27)26-10-13-1-2-15-16(9-13)25-4-3-24-15/h1-4,9,11-12,19,22,26H,5-8,10H2. The van der Waals surface area contributed by atoms with Crippen LogP contribution in [0, 0.1) is 0 Å². The molecule has 1 saturated heterocycles. The lowest BCUT2D eigenvalue weighted by atomic mass is 10.1. The maximum absolute atomic E-state index is 13.6. The Morgan fingerprint density at radius 3 is 2.63 bits per heavy atom. The van der Waals surface area contributed by atoms with Crippen LogP contribution in [0.4, 0.5) is 20.2 Å². The van der Waals surface area contributed by atoms with Crippen molar-refractivity contribution >= 4 is 22.4 Å². The predicted molar refractivity (Wildman–Crippen MR) is 101 cm³/mol. The van der Waals surface area contributed by atoms with Gasteiger partial charge >= 0.3 is 0 Å². The molecule has 0 radical (unpaired) electrons. The SMILES string of the molecule is FC(F)c1cncc(NCc2ccc3nccnc3c2)c1N1CCNCC1. The Labute approximate surface area is 155 Å². The number of hydrogen-bond donors (Lipinski definition) is 2. The number of pyridine rings is 1. The summed E-state index contributed by atoms with van der Waals surface area (Å²) in [4.78, 5) is 14.6. The molecule has 6 nitrogen and oxygen atoms in total. The first-order chi connectivity index (χ1) is 13.2. The first kappa shape index (κ1) is 17.5. The lowest BCUT2D eigenvalue weighted by Gasteiger charge is -2.32. The van der Waals surface area contributed by atoms with Gasteiger partial charge in [-0.25, -0.2) is 8.78 Å². The zero-order chi connectivity index (χ0) is 18.6. The van der Waals surface area contributed by atoms with Crippen LogP contribution in [0.3, 0.4) is 0 Å². The van der Waals surface area contributed by atoms with Crippen molar-refractivity contribution in [1.29, 1.82) is 0 Å². The summed E-state index contributed by atoms with van der Waals surface area (Å²) in [5.41, 5.74) is 3.75. The van der Waals surface area contributed by atoms with Gasteiger partial charge in [0.15, 0.2) is 0 Å². The molecular formula is C19H20F2N6. The predicted octanol–water partition coefficient (Wildman–Crippen LogP) is 2.98. The van der Waals surface area contributed by atoms with Crippen molar-refractivity contribution in [3.05, 3.63) is 54.1 Å². The van der Waals surface area contributed by atoms with Gasteiger partial charge in [-0.2, -0.15) is 0 Å². The van der Waals surface area contributed by atoms with E-state index in [1.54, 1.807) is 18.6 Å². The van der Waals surface area contributed by atoms with E-state index in [0.717, 1.165) is 29.7 Å². The van der Waals surface area contributed by atoms with Gasteiger partial charge in [-0.05, 0) is 17.7 Å². The van der Waals surface area contributed by atoms with Gasteiger partial charge in [-0.15, -0.1) is 0 Å². The van der Waals surface area contributed by atoms with Crippen LogP contribution in [0.2, 0.25) is 0 Å². The summed E-state index contributed by atoms with van der Waals surface area (Å²) >= 11 is 0. The van der Waals surface area contributed by atoms with Crippen molar-refractivity contribution in [2.45, 2.75) is 13.0 Å². The summed E-state index contributed by atoms with van der Waals surface area (Å²) in [5, 5.41) is 6.53. The number of hydrogen-bond acceptors (Lipinski definition) is 6. The Hall–Kier alpha value is -2.87. The molecule has 1 fully saturated rings. The topological polar surface area (TPSA) is 66.0 Å². The average Bonchev–Trinajstić information content (AvgIpc) is 2.72. The molecule has 0 atom stereocenters. The van der Waals surface area contributed by atoms with Gasteiger partial charge in [-0.1, -0.05) is 6.07 Å². The molecule has 0 saturated carbocycles. The number of nitrogens with one attached hydrogen (secondary N) is 2. The zero-order valence-electron chi connectivity index (χ0n) is 14.7. The Kier molecular flexibility index (Phi) is 5.06. The van der Waals surface area contributed by atoms with Gasteiger partial charge in [0.1, 0.15) is 0 Å². The molecule has 1 aliphatic heterocycles. The van der Waals surface area contributed by atoms with Gasteiger partial charge in [-0.3, -0.25) is 15.0 Å². The van der Waals surface area contributed by atoms with E-state index in [1.807, 2.05) is 23.1 Å². The minimum absolute atomic E-state index is 0.0359. The average molecular weight is 370 g/mol. The fraction of sp³-hybridized carbons (Fsp3) is 0.316. The molecule has 1 aromatic carbocycles. The molecule has 0 amide bonds. The third kappa shape index (κ3) is 3.80. The van der Waals surface area contributed by atoms with E-state index in [1.165, 1.54) is 6.20 Å². The largest absolute Gasteiger partial charge is 0.378 e. The Morgan fingerprint density at radius 1 is 1.07 bits per heavy atom. The first-order valence-corrected chi connectivity index (χ1v) is 8.87. The maximum Gasteiger partial charge on any atom is 0.267 e. The van der Waals surface area contributed by atoms with E-state index >= 15 is 0 Å². The molecular weight excluding hydrogens is 350 g/mol. The molecule has 0 spiro atoms. The molecule has 27 heavy (non-hydrogen) atoms. The highest BCUT2D eigenvalue weighted by atomic mass is 19.3. The normalized spacial score (nSPS) is 14.7. The quantitative estimate of drug-likeness (QED) is 0.720. The summed E-state index contributed by atoms with van der Waals surface area (Å²) < 4.78 is 27.1. The number of rotatable bonds is 5. The van der Waals surface area contributed by atoms with Crippen molar-refractivity contribution in [3.8, 4) is 0 Å². The third-order valence-electron chi connectivity index (χ3n) is 4.63. The molecule has 3 aromatic rings. The highest BCUT2D eigenvalue weighted by Gasteiger charge is 2.23. The lowest BCUT2D eigenvalue weighted by molar-refractivity contribution is 0.151. The maximum atomic E-state index is 13.6. The second-order valence-corrected chi connectivity index (χ2v) is 6.40. The third-order valence-corrected chi connectivity index (χ3v) is 4.63. The van der Waals surface area contributed by atoms with Crippen molar-refractivity contribution in [3.63, 3.8) is 0 Å². The van der Waals surface area contributed by atoms with E-state index in [2.05, 4.69) is 25.6 Å². The summed E-state index contributed by atoms with van der Waals surface area (Å²) in [6, 6.07) is 5.81. The van der Waals surface area contributed by atoms with Crippen LogP contribution in [0.5, 0.6) is 0 Å². The van der Waals surface area contributed by atoms with Gasteiger partial charge in [0.2, 0.25) is 0 Å². The minimum Gasteiger partial charge on any atom is -0.378 e. The summed E-state index contributed by atoms with van der Waals surface area (Å²) in [6.07, 6.45) is 3.61. The van der Waals surface area contributed by atoms with Crippen molar-refractivity contribution < 1.29 is 8.78 Å². The van der Waals surface area contributed by atoms with Crippen molar-refractivity contribution in [2.75, 3.05) is 36.4 Å². The summed E-state index contributed by atoms with van der Waals surface area (Å²) in [6.45, 7) is 3.40. The molecule has 3 heterocycles. The Bertz CT molecular complexity index is 927. The second kappa shape index (κ2) is 7.79. The number of alkyl halides is 2. The summed E-state index contributed by atoms with van der Waals surface area (Å²) in [5.74, 6) is 0. The number of benzene rings is 1. The molecule has 2 N–H and O–H groups in total. The fourth-order valence-corrected chi connectivity index (χ4v) is 3.32. The van der Waals surface area contributed by atoms with Gasteiger partial charge in [0.05, 0.1) is 34.2 Å². The van der Waals surface area contributed by atoms with Crippen LogP contribution >= 0.6 is 0 Å². The first-order valence-electron chi connectivity index (χ1n) is 8.87. The van der Waals surface area contributed by atoms with Crippen LogP contribution in [-0.4, -0.2) is 41.1 Å². The van der Waals surface area contributed by atoms with E-state index in [9.17, 15) is 8.78 Å². The van der Waals surface area contributed by atoms with E-state index in [-0.39, 0.29) is 5.56 Å². The zero-order valence-corrected chi connectivity index (χ0v) is 14.7. The summed E-state index contributed by atoms with van der Waals surface area (Å²) in [7, 11) is 0. The Balaban J connectivity index is 1.61. The Morgan fingerprint density at radius 2 is 1.85 bits per heavy atom. The number of piperazine rings is 1. The number of fused-ring (bicyclic) bond motifs is 1. The molecule has 1 aliphatic rings. The van der Waals surface area contributed by atoms with Gasteiger partial charge in [0.25, 0.3) is 6.43 Å². The van der Waals surface area contributed by atoms with E-state index in [4.69, 9.17) is 0 Å². The molecule has 0 unspecified atom stereocenters. The smallest absolute Gasteiger partial charge is 0.267 e. The van der Waals surface area contributed by atoms with Crippen LogP contribution in [-0.2, 0) is 6.54 Å². The van der Waals surface area contributed by atoms with E-state index in [0.29, 0.717) is 31.0 Å². The van der Waals surface area contributed by atoms with Crippen LogP contribution < -0.4 is 15.5 Å². The number of anilines is 2. The molecule has 2 aromatic heterocycles. The number of halogens is 2. The van der Waals surface area contributed by atoms with Crippen molar-refractivity contribution in [1.82, 2.24) is 20.3 Å². The van der Waals surface area contributed by atoms with Crippen LogP contribution in [0.15, 0.2) is 43.0 Å².